The third-order valence-electron chi connectivity index (χ3n) is 2.55. The molecule has 0 spiro atoms. The lowest BCUT2D eigenvalue weighted by Gasteiger charge is -2.07. The molecule has 2 aromatic rings. The molecule has 0 unspecified atom stereocenters. The van der Waals surface area contributed by atoms with E-state index in [1.165, 1.54) is 0 Å². The van der Waals surface area contributed by atoms with E-state index in [1.807, 2.05) is 61.5 Å². The number of hydrogen-bond acceptors (Lipinski definition) is 2. The van der Waals surface area contributed by atoms with Gasteiger partial charge >= 0.3 is 0 Å². The predicted octanol–water partition coefficient (Wildman–Crippen LogP) is 3.84. The van der Waals surface area contributed by atoms with Gasteiger partial charge in [0.15, 0.2) is 0 Å². The highest BCUT2D eigenvalue weighted by atomic mass is 16.5. The van der Waals surface area contributed by atoms with Gasteiger partial charge in [-0.05, 0) is 31.2 Å². The number of hydrogen-bond donors (Lipinski definition) is 0. The van der Waals surface area contributed by atoms with E-state index in [4.69, 9.17) is 4.74 Å². The molecule has 0 saturated heterocycles. The van der Waals surface area contributed by atoms with Gasteiger partial charge in [-0.15, -0.1) is 0 Å². The zero-order valence-corrected chi connectivity index (χ0v) is 10.1. The number of rotatable bonds is 3. The van der Waals surface area contributed by atoms with Crippen molar-refractivity contribution < 1.29 is 4.74 Å². The van der Waals surface area contributed by atoms with E-state index < -0.39 is 0 Å². The summed E-state index contributed by atoms with van der Waals surface area (Å²) in [6.07, 6.45) is 0. The van der Waals surface area contributed by atoms with E-state index in [1.54, 1.807) is 7.11 Å². The van der Waals surface area contributed by atoms with Crippen molar-refractivity contribution in [3.63, 3.8) is 0 Å². The van der Waals surface area contributed by atoms with Crippen molar-refractivity contribution in [3.8, 4) is 5.75 Å². The second-order valence-electron chi connectivity index (χ2n) is 3.73. The van der Waals surface area contributed by atoms with Gasteiger partial charge in [-0.2, -0.15) is 0 Å². The molecule has 0 aromatic heterocycles. The second-order valence-corrected chi connectivity index (χ2v) is 3.73. The molecule has 0 atom stereocenters. The number of methoxy groups -OCH3 is 1. The number of ether oxygens (including phenoxy) is 1. The fraction of sp³-hybridized carbons (Fsp3) is 0.133. The van der Waals surface area contributed by atoms with Crippen LogP contribution in [0.5, 0.6) is 5.75 Å². The molecule has 0 N–H and O–H groups in total. The average molecular weight is 225 g/mol. The van der Waals surface area contributed by atoms with Gasteiger partial charge in [0.2, 0.25) is 0 Å². The van der Waals surface area contributed by atoms with Gasteiger partial charge in [0.05, 0.1) is 12.8 Å². The fourth-order valence-corrected chi connectivity index (χ4v) is 1.70. The van der Waals surface area contributed by atoms with Gasteiger partial charge < -0.3 is 4.74 Å². The molecule has 17 heavy (non-hydrogen) atoms. The second kappa shape index (κ2) is 5.30. The van der Waals surface area contributed by atoms with Crippen LogP contribution >= 0.6 is 0 Å². The Labute approximate surface area is 102 Å². The first-order valence-corrected chi connectivity index (χ1v) is 5.55. The Kier molecular flexibility index (Phi) is 3.55. The first-order chi connectivity index (χ1) is 8.31. The molecule has 0 heterocycles. The van der Waals surface area contributed by atoms with Crippen molar-refractivity contribution in [1.29, 1.82) is 0 Å². The summed E-state index contributed by atoms with van der Waals surface area (Å²) in [6.45, 7) is 1.99. The minimum Gasteiger partial charge on any atom is -0.496 e. The van der Waals surface area contributed by atoms with Crippen molar-refractivity contribution in [2.75, 3.05) is 7.11 Å². The number of aliphatic imine (C=N–C) groups is 1. The Balaban J connectivity index is 2.37. The molecule has 0 saturated carbocycles. The van der Waals surface area contributed by atoms with Gasteiger partial charge in [-0.3, -0.25) is 4.99 Å². The van der Waals surface area contributed by atoms with Crippen LogP contribution in [0.1, 0.15) is 12.5 Å². The highest BCUT2D eigenvalue weighted by Crippen LogP contribution is 2.20. The summed E-state index contributed by atoms with van der Waals surface area (Å²) in [7, 11) is 1.68. The molecule has 0 aliphatic carbocycles. The Morgan fingerprint density at radius 1 is 0.941 bits per heavy atom. The van der Waals surface area contributed by atoms with E-state index in [-0.39, 0.29) is 0 Å². The van der Waals surface area contributed by atoms with Gasteiger partial charge in [-0.25, -0.2) is 0 Å². The summed E-state index contributed by atoms with van der Waals surface area (Å²) in [5, 5.41) is 0. The third-order valence-corrected chi connectivity index (χ3v) is 2.55. The predicted molar refractivity (Wildman–Crippen MR) is 71.3 cm³/mol. The molecule has 86 valence electrons. The van der Waals surface area contributed by atoms with Gasteiger partial charge in [0.1, 0.15) is 5.75 Å². The number of benzene rings is 2. The van der Waals surface area contributed by atoms with Crippen LogP contribution in [0.25, 0.3) is 0 Å². The molecule has 2 aromatic carbocycles. The molecule has 0 fully saturated rings. The SMILES string of the molecule is COc1ccccc1C(C)=Nc1ccccc1. The lowest BCUT2D eigenvalue weighted by Crippen LogP contribution is -1.98. The Bertz CT molecular complexity index is 517. The van der Waals surface area contributed by atoms with Crippen LogP contribution in [0.15, 0.2) is 59.6 Å². The smallest absolute Gasteiger partial charge is 0.127 e. The highest BCUT2D eigenvalue weighted by molar-refractivity contribution is 6.02. The minimum atomic E-state index is 0.852. The maximum atomic E-state index is 5.32. The van der Waals surface area contributed by atoms with E-state index in [2.05, 4.69) is 4.99 Å². The summed E-state index contributed by atoms with van der Waals surface area (Å²) in [6, 6.07) is 17.8. The standard InChI is InChI=1S/C15H15NO/c1-12(16-13-8-4-3-5-9-13)14-10-6-7-11-15(14)17-2/h3-11H,1-2H3. The topological polar surface area (TPSA) is 21.6 Å². The van der Waals surface area contributed by atoms with Crippen LogP contribution in [0.2, 0.25) is 0 Å². The minimum absolute atomic E-state index is 0.852. The van der Waals surface area contributed by atoms with Crippen LogP contribution in [-0.4, -0.2) is 12.8 Å². The maximum absolute atomic E-state index is 5.32. The van der Waals surface area contributed by atoms with Crippen LogP contribution in [0.4, 0.5) is 5.69 Å². The van der Waals surface area contributed by atoms with Gasteiger partial charge in [0.25, 0.3) is 0 Å². The van der Waals surface area contributed by atoms with Crippen molar-refractivity contribution >= 4 is 11.4 Å². The molecule has 0 amide bonds. The summed E-state index contributed by atoms with van der Waals surface area (Å²) >= 11 is 0. The van der Waals surface area contributed by atoms with Crippen LogP contribution in [0.3, 0.4) is 0 Å². The molecule has 0 aliphatic rings. The third kappa shape index (κ3) is 2.72. The lowest BCUT2D eigenvalue weighted by molar-refractivity contribution is 0.414. The Morgan fingerprint density at radius 3 is 2.29 bits per heavy atom. The Hall–Kier alpha value is -2.09. The first kappa shape index (κ1) is 11.4. The monoisotopic (exact) mass is 225 g/mol. The largest absolute Gasteiger partial charge is 0.496 e. The molecular weight excluding hydrogens is 210 g/mol. The van der Waals surface area contributed by atoms with Crippen LogP contribution in [-0.2, 0) is 0 Å². The molecule has 2 nitrogen and oxygen atoms in total. The molecule has 0 aliphatic heterocycles. The number of para-hydroxylation sites is 2. The first-order valence-electron chi connectivity index (χ1n) is 5.55. The lowest BCUT2D eigenvalue weighted by atomic mass is 10.1. The fourth-order valence-electron chi connectivity index (χ4n) is 1.70. The normalized spacial score (nSPS) is 11.3. The zero-order chi connectivity index (χ0) is 12.1. The Morgan fingerprint density at radius 2 is 1.59 bits per heavy atom. The van der Waals surface area contributed by atoms with Crippen LogP contribution < -0.4 is 4.74 Å². The maximum Gasteiger partial charge on any atom is 0.127 e. The van der Waals surface area contributed by atoms with Gasteiger partial charge in [0, 0.05) is 11.3 Å². The summed E-state index contributed by atoms with van der Waals surface area (Å²) < 4.78 is 5.32. The van der Waals surface area contributed by atoms with Gasteiger partial charge in [-0.1, -0.05) is 30.3 Å². The quantitative estimate of drug-likeness (QED) is 0.727. The highest BCUT2D eigenvalue weighted by Gasteiger charge is 2.04. The van der Waals surface area contributed by atoms with E-state index in [9.17, 15) is 0 Å². The van der Waals surface area contributed by atoms with Crippen molar-refractivity contribution in [3.05, 3.63) is 60.2 Å². The molecule has 2 heteroatoms. The van der Waals surface area contributed by atoms with Crippen LogP contribution in [0, 0.1) is 0 Å². The summed E-state index contributed by atoms with van der Waals surface area (Å²) in [5.74, 6) is 0.852. The van der Waals surface area contributed by atoms with E-state index in [0.717, 1.165) is 22.7 Å². The van der Waals surface area contributed by atoms with E-state index in [0.29, 0.717) is 0 Å². The molecular formula is C15H15NO. The molecule has 2 rings (SSSR count). The summed E-state index contributed by atoms with van der Waals surface area (Å²) in [4.78, 5) is 4.57. The molecule has 0 radical (unpaired) electrons. The summed E-state index contributed by atoms with van der Waals surface area (Å²) in [5.41, 5.74) is 2.93. The average Bonchev–Trinajstić information content (AvgIpc) is 2.40. The zero-order valence-electron chi connectivity index (χ0n) is 10.1. The number of nitrogens with zero attached hydrogens (tertiary/aromatic N) is 1. The molecule has 0 bridgehead atoms. The van der Waals surface area contributed by atoms with E-state index >= 15 is 0 Å². The van der Waals surface area contributed by atoms with Crippen molar-refractivity contribution in [2.24, 2.45) is 4.99 Å². The van der Waals surface area contributed by atoms with Crippen molar-refractivity contribution in [1.82, 2.24) is 0 Å². The van der Waals surface area contributed by atoms with Crippen molar-refractivity contribution in [2.45, 2.75) is 6.92 Å².